The second-order valence-electron chi connectivity index (χ2n) is 13.4. The minimum absolute atomic E-state index is 0.669. The summed E-state index contributed by atoms with van der Waals surface area (Å²) in [5.74, 6) is 0.669. The molecule has 0 fully saturated rings. The van der Waals surface area contributed by atoms with Gasteiger partial charge >= 0.3 is 0 Å². The maximum atomic E-state index is 5.39. The lowest BCUT2D eigenvalue weighted by Gasteiger charge is -2.21. The Kier molecular flexibility index (Phi) is 5.41. The fraction of sp³-hybridized carbons (Fsp3) is 0. The molecule has 0 amide bonds. The topological polar surface area (TPSA) is 35.6 Å². The molecule has 0 spiro atoms. The van der Waals surface area contributed by atoms with Crippen molar-refractivity contribution < 1.29 is 0 Å². The lowest BCUT2D eigenvalue weighted by molar-refractivity contribution is 1.01. The first-order chi connectivity index (χ1) is 25.3. The zero-order chi connectivity index (χ0) is 33.2. The van der Waals surface area contributed by atoms with E-state index in [9.17, 15) is 0 Å². The SMILES string of the molecule is c1ccc2cc(-c3nc(-n4c5ccccc5c5c6cc7c(cc6ccc54)Sc4cccc5c6ccccc6n-7c45)nc4ccccc34)ccc2c1. The van der Waals surface area contributed by atoms with Gasteiger partial charge in [0.1, 0.15) is 0 Å². The molecule has 3 aromatic heterocycles. The number of nitrogens with zero attached hydrogens (tertiary/aromatic N) is 4. The highest BCUT2D eigenvalue weighted by Gasteiger charge is 2.25. The van der Waals surface area contributed by atoms with Gasteiger partial charge < -0.3 is 4.57 Å². The summed E-state index contributed by atoms with van der Waals surface area (Å²) in [6, 6.07) is 57.0. The van der Waals surface area contributed by atoms with Crippen LogP contribution in [0.4, 0.5) is 0 Å². The van der Waals surface area contributed by atoms with E-state index in [2.05, 4.69) is 167 Å². The summed E-state index contributed by atoms with van der Waals surface area (Å²) >= 11 is 1.87. The van der Waals surface area contributed by atoms with Gasteiger partial charge in [0.15, 0.2) is 0 Å². The molecule has 12 rings (SSSR count). The zero-order valence-electron chi connectivity index (χ0n) is 27.2. The van der Waals surface area contributed by atoms with E-state index in [1.807, 2.05) is 11.8 Å². The molecule has 0 atom stereocenters. The van der Waals surface area contributed by atoms with Gasteiger partial charge in [-0.05, 0) is 70.1 Å². The summed E-state index contributed by atoms with van der Waals surface area (Å²) in [6.45, 7) is 0. The highest BCUT2D eigenvalue weighted by atomic mass is 32.2. The zero-order valence-corrected chi connectivity index (χ0v) is 28.0. The van der Waals surface area contributed by atoms with Crippen molar-refractivity contribution in [1.82, 2.24) is 19.1 Å². The summed E-state index contributed by atoms with van der Waals surface area (Å²) < 4.78 is 4.74. The van der Waals surface area contributed by atoms with Gasteiger partial charge in [0, 0.05) is 42.3 Å². The smallest absolute Gasteiger partial charge is 0.235 e. The first-order valence-electron chi connectivity index (χ1n) is 17.3. The van der Waals surface area contributed by atoms with E-state index in [0.29, 0.717) is 5.95 Å². The molecular weight excluding hydrogens is 641 g/mol. The number of hydrogen-bond donors (Lipinski definition) is 0. The van der Waals surface area contributed by atoms with E-state index in [-0.39, 0.29) is 0 Å². The van der Waals surface area contributed by atoms with Crippen molar-refractivity contribution in [3.63, 3.8) is 0 Å². The fourth-order valence-corrected chi connectivity index (χ4v) is 9.56. The molecule has 1 aliphatic heterocycles. The van der Waals surface area contributed by atoms with E-state index < -0.39 is 0 Å². The van der Waals surface area contributed by atoms with Crippen LogP contribution in [0.1, 0.15) is 0 Å². The van der Waals surface area contributed by atoms with Gasteiger partial charge in [0.25, 0.3) is 0 Å². The second-order valence-corrected chi connectivity index (χ2v) is 14.5. The van der Waals surface area contributed by atoms with Gasteiger partial charge in [-0.1, -0.05) is 121 Å². The van der Waals surface area contributed by atoms with Gasteiger partial charge in [0.2, 0.25) is 5.95 Å². The van der Waals surface area contributed by atoms with Crippen molar-refractivity contribution in [3.05, 3.63) is 158 Å². The molecule has 1 aliphatic rings. The fourth-order valence-electron chi connectivity index (χ4n) is 8.44. The molecule has 0 saturated carbocycles. The summed E-state index contributed by atoms with van der Waals surface area (Å²) in [5.41, 5.74) is 8.86. The summed E-state index contributed by atoms with van der Waals surface area (Å²) in [4.78, 5) is 13.2. The van der Waals surface area contributed by atoms with E-state index >= 15 is 0 Å². The summed E-state index contributed by atoms with van der Waals surface area (Å²) in [6.07, 6.45) is 0. The van der Waals surface area contributed by atoms with Crippen molar-refractivity contribution in [3.8, 4) is 22.9 Å². The Labute approximate surface area is 296 Å². The number of aromatic nitrogens is 4. The van der Waals surface area contributed by atoms with Gasteiger partial charge in [-0.25, -0.2) is 9.97 Å². The minimum Gasteiger partial charge on any atom is -0.307 e. The molecule has 0 aliphatic carbocycles. The molecule has 0 radical (unpaired) electrons. The third-order valence-corrected chi connectivity index (χ3v) is 11.8. The van der Waals surface area contributed by atoms with Crippen LogP contribution in [0.2, 0.25) is 0 Å². The standard InChI is InChI=1S/C46H26N4S/c1-2-11-28-24-30(21-20-27(28)10-1)44-33-13-3-6-16-36(33)47-46(48-44)50-38-18-8-5-14-34(38)43-35-26-40-42(25-29(35)22-23-39(43)50)51-41-19-9-15-32-31-12-4-7-17-37(31)49(40)45(32)41/h1-26H. The Bertz CT molecular complexity index is 3300. The first kappa shape index (κ1) is 27.4. The molecule has 5 heteroatoms. The van der Waals surface area contributed by atoms with Crippen molar-refractivity contribution >= 4 is 87.8 Å². The summed E-state index contributed by atoms with van der Waals surface area (Å²) in [7, 11) is 0. The van der Waals surface area contributed by atoms with Crippen LogP contribution in [-0.2, 0) is 0 Å². The number of para-hydroxylation sites is 4. The molecule has 4 heterocycles. The van der Waals surface area contributed by atoms with Gasteiger partial charge in [0.05, 0.1) is 39.0 Å². The number of benzene rings is 8. The molecule has 236 valence electrons. The molecular formula is C46H26N4S. The lowest BCUT2D eigenvalue weighted by Crippen LogP contribution is -2.03. The predicted molar refractivity (Wildman–Crippen MR) is 213 cm³/mol. The molecule has 4 nitrogen and oxygen atoms in total. The predicted octanol–water partition coefficient (Wildman–Crippen LogP) is 12.3. The van der Waals surface area contributed by atoms with E-state index in [4.69, 9.17) is 9.97 Å². The lowest BCUT2D eigenvalue weighted by atomic mass is 10.0. The van der Waals surface area contributed by atoms with Crippen LogP contribution >= 0.6 is 11.8 Å². The second kappa shape index (κ2) is 10.1. The van der Waals surface area contributed by atoms with Gasteiger partial charge in [-0.2, -0.15) is 0 Å². The van der Waals surface area contributed by atoms with Crippen LogP contribution in [0.25, 0.3) is 99.0 Å². The van der Waals surface area contributed by atoms with Crippen LogP contribution < -0.4 is 0 Å². The van der Waals surface area contributed by atoms with Crippen LogP contribution in [0.5, 0.6) is 0 Å². The third-order valence-electron chi connectivity index (χ3n) is 10.7. The third kappa shape index (κ3) is 3.76. The average molecular weight is 667 g/mol. The minimum atomic E-state index is 0.669. The highest BCUT2D eigenvalue weighted by Crippen LogP contribution is 2.49. The maximum Gasteiger partial charge on any atom is 0.235 e. The van der Waals surface area contributed by atoms with Gasteiger partial charge in [-0.15, -0.1) is 0 Å². The van der Waals surface area contributed by atoms with Crippen molar-refractivity contribution in [2.45, 2.75) is 9.79 Å². The van der Waals surface area contributed by atoms with E-state index in [0.717, 1.165) is 33.2 Å². The van der Waals surface area contributed by atoms with Crippen LogP contribution in [0.15, 0.2) is 168 Å². The van der Waals surface area contributed by atoms with Crippen LogP contribution in [0, 0.1) is 0 Å². The number of fused-ring (bicyclic) bond motifs is 12. The Morgan fingerprint density at radius 3 is 2.06 bits per heavy atom. The summed E-state index contributed by atoms with van der Waals surface area (Å²) in [5, 5.41) is 10.9. The Morgan fingerprint density at radius 2 is 1.16 bits per heavy atom. The van der Waals surface area contributed by atoms with Gasteiger partial charge in [-0.3, -0.25) is 4.57 Å². The Morgan fingerprint density at radius 1 is 0.431 bits per heavy atom. The van der Waals surface area contributed by atoms with Crippen molar-refractivity contribution in [2.24, 2.45) is 0 Å². The van der Waals surface area contributed by atoms with Crippen molar-refractivity contribution in [1.29, 1.82) is 0 Å². The Balaban J connectivity index is 1.16. The van der Waals surface area contributed by atoms with Crippen LogP contribution in [-0.4, -0.2) is 19.1 Å². The highest BCUT2D eigenvalue weighted by molar-refractivity contribution is 7.99. The normalized spacial score (nSPS) is 12.6. The first-order valence-corrected chi connectivity index (χ1v) is 18.1. The number of hydrogen-bond acceptors (Lipinski definition) is 3. The van der Waals surface area contributed by atoms with Crippen LogP contribution in [0.3, 0.4) is 0 Å². The molecule has 0 bridgehead atoms. The average Bonchev–Trinajstić information content (AvgIpc) is 3.71. The Hall–Kier alpha value is -6.43. The monoisotopic (exact) mass is 666 g/mol. The maximum absolute atomic E-state index is 5.39. The molecule has 11 aromatic rings. The largest absolute Gasteiger partial charge is 0.307 e. The number of rotatable bonds is 2. The molecule has 0 saturated heterocycles. The molecule has 8 aromatic carbocycles. The molecule has 0 unspecified atom stereocenters. The quantitative estimate of drug-likeness (QED) is 0.184. The van der Waals surface area contributed by atoms with E-state index in [1.54, 1.807) is 0 Å². The van der Waals surface area contributed by atoms with Crippen molar-refractivity contribution in [2.75, 3.05) is 0 Å². The molecule has 0 N–H and O–H groups in total. The van der Waals surface area contributed by atoms with E-state index in [1.165, 1.54) is 69.6 Å². The molecule has 51 heavy (non-hydrogen) atoms.